The van der Waals surface area contributed by atoms with Gasteiger partial charge in [-0.15, -0.1) is 0 Å². The Kier molecular flexibility index (Phi) is 8.65. The average molecular weight is 907 g/mol. The Morgan fingerprint density at radius 3 is 1.56 bits per heavy atom. The van der Waals surface area contributed by atoms with E-state index in [1.54, 1.807) is 0 Å². The van der Waals surface area contributed by atoms with Gasteiger partial charge in [0.1, 0.15) is 23.8 Å². The van der Waals surface area contributed by atoms with Crippen molar-refractivity contribution in [2.75, 3.05) is 16.5 Å². The van der Waals surface area contributed by atoms with Gasteiger partial charge in [-0.25, -0.2) is 4.98 Å². The number of rotatable bonds is 5. The van der Waals surface area contributed by atoms with Crippen LogP contribution in [-0.4, -0.2) is 16.1 Å². The summed E-state index contributed by atoms with van der Waals surface area (Å²) in [5.41, 5.74) is 17.2. The highest BCUT2D eigenvalue weighted by Crippen LogP contribution is 2.58. The fourth-order valence-electron chi connectivity index (χ4n) is 11.8. The molecule has 0 fully saturated rings. The summed E-state index contributed by atoms with van der Waals surface area (Å²) in [6.07, 6.45) is 1.91. The second kappa shape index (κ2) is 15.5. The Morgan fingerprint density at radius 1 is 0.338 bits per heavy atom. The van der Waals surface area contributed by atoms with Gasteiger partial charge >= 0.3 is 0 Å². The van der Waals surface area contributed by atoms with Gasteiger partial charge in [-0.2, -0.15) is 0 Å². The largest absolute Gasteiger partial charge is 0.457 e. The number of hydrogen-bond acceptors (Lipinski definition) is 4. The molecule has 10 aromatic carbocycles. The number of aromatic nitrogens is 2. The molecule has 2 aliphatic heterocycles. The van der Waals surface area contributed by atoms with Crippen LogP contribution in [0.25, 0.3) is 104 Å². The summed E-state index contributed by atoms with van der Waals surface area (Å²) in [4.78, 5) is 10.2. The molecule has 0 bridgehead atoms. The summed E-state index contributed by atoms with van der Waals surface area (Å²) in [7, 11) is 0. The van der Waals surface area contributed by atoms with E-state index in [2.05, 4.69) is 245 Å². The van der Waals surface area contributed by atoms with Crippen molar-refractivity contribution in [3.05, 3.63) is 243 Å². The topological polar surface area (TPSA) is 33.0 Å². The SMILES string of the molecule is c1ccc(-c2cccc(-c3ccccc3)c2N2CN3c4cc(Oc5ccc6c7cccc8c9ccccc9c9ccccc9c9cccnc9n(c6c5)c87)ccc4-c4ccccc4-c4cccc2c43)cc1. The summed E-state index contributed by atoms with van der Waals surface area (Å²) in [5.74, 6) is 1.51. The van der Waals surface area contributed by atoms with Crippen LogP contribution >= 0.6 is 0 Å². The van der Waals surface area contributed by atoms with E-state index in [1.165, 1.54) is 71.9 Å². The monoisotopic (exact) mass is 906 g/mol. The summed E-state index contributed by atoms with van der Waals surface area (Å²) in [6.45, 7) is 0.605. The molecular weight excluding hydrogens is 865 g/mol. The number of nitrogens with zero attached hydrogens (tertiary/aromatic N) is 4. The highest BCUT2D eigenvalue weighted by molar-refractivity contribution is 6.25. The quantitative estimate of drug-likeness (QED) is 0.172. The number of benzene rings is 10. The van der Waals surface area contributed by atoms with Gasteiger partial charge in [-0.05, 0) is 86.3 Å². The van der Waals surface area contributed by atoms with Gasteiger partial charge in [-0.3, -0.25) is 4.40 Å². The van der Waals surface area contributed by atoms with E-state index in [9.17, 15) is 0 Å². The summed E-state index contributed by atoms with van der Waals surface area (Å²) < 4.78 is 9.46. The van der Waals surface area contributed by atoms with Crippen molar-refractivity contribution >= 4 is 82.5 Å². The van der Waals surface area contributed by atoms with Crippen LogP contribution in [0.3, 0.4) is 0 Å². The normalized spacial score (nSPS) is 12.7. The van der Waals surface area contributed by atoms with Gasteiger partial charge in [0.05, 0.1) is 33.8 Å². The fraction of sp³-hybridized carbons (Fsp3) is 0.0152. The van der Waals surface area contributed by atoms with E-state index in [1.807, 2.05) is 12.3 Å². The predicted octanol–water partition coefficient (Wildman–Crippen LogP) is 17.7. The Morgan fingerprint density at radius 2 is 0.845 bits per heavy atom. The van der Waals surface area contributed by atoms with Crippen molar-refractivity contribution in [2.24, 2.45) is 0 Å². The zero-order valence-electron chi connectivity index (χ0n) is 38.5. The van der Waals surface area contributed by atoms with Crippen LogP contribution in [0.4, 0.5) is 22.7 Å². The first kappa shape index (κ1) is 39.5. The van der Waals surface area contributed by atoms with Crippen LogP contribution in [0, 0.1) is 0 Å². The molecule has 71 heavy (non-hydrogen) atoms. The molecule has 5 heterocycles. The van der Waals surface area contributed by atoms with E-state index in [0.29, 0.717) is 6.67 Å². The van der Waals surface area contributed by atoms with Crippen molar-refractivity contribution in [3.63, 3.8) is 0 Å². The Bertz CT molecular complexity index is 4310. The first-order chi connectivity index (χ1) is 35.2. The first-order valence-corrected chi connectivity index (χ1v) is 24.3. The van der Waals surface area contributed by atoms with E-state index in [-0.39, 0.29) is 0 Å². The standard InChI is InChI=1S/C66H42N4O/c1-3-17-42(18-4-1)46-27-13-28-47(43-19-5-2-6-20-43)63(46)68-41-69-61-39-44(34-36-54(61)50-23-9-11-25-52(50)57-31-15-33-60(68)65(57)69)71-45-35-37-55-58-30-14-29-56-51-24-10-7-21-48(51)49-22-8-12-26-53(49)59-32-16-38-67-66(59)70(64(56)58)62(55)40-45/h1-40H,41H2. The molecule has 0 unspecified atom stereocenters. The molecule has 13 aromatic rings. The lowest BCUT2D eigenvalue weighted by molar-refractivity contribution is 0.483. The minimum Gasteiger partial charge on any atom is -0.457 e. The Labute approximate surface area is 410 Å². The van der Waals surface area contributed by atoms with Crippen molar-refractivity contribution in [3.8, 4) is 56.0 Å². The van der Waals surface area contributed by atoms with E-state index in [0.717, 1.165) is 66.7 Å². The molecule has 0 aliphatic carbocycles. The van der Waals surface area contributed by atoms with Gasteiger partial charge in [0, 0.05) is 62.1 Å². The van der Waals surface area contributed by atoms with Gasteiger partial charge in [0.25, 0.3) is 0 Å². The highest BCUT2D eigenvalue weighted by atomic mass is 16.5. The van der Waals surface area contributed by atoms with Crippen LogP contribution in [0.15, 0.2) is 243 Å². The lowest BCUT2D eigenvalue weighted by Gasteiger charge is -2.28. The molecule has 3 aromatic heterocycles. The first-order valence-electron chi connectivity index (χ1n) is 24.3. The molecule has 0 N–H and O–H groups in total. The van der Waals surface area contributed by atoms with Crippen LogP contribution in [0.1, 0.15) is 0 Å². The van der Waals surface area contributed by atoms with Gasteiger partial charge in [0.2, 0.25) is 0 Å². The second-order valence-corrected chi connectivity index (χ2v) is 18.6. The van der Waals surface area contributed by atoms with Gasteiger partial charge in [-0.1, -0.05) is 182 Å². The maximum absolute atomic E-state index is 7.10. The summed E-state index contributed by atoms with van der Waals surface area (Å²) in [6, 6.07) is 85.5. The molecular formula is C66H42N4O. The fourth-order valence-corrected chi connectivity index (χ4v) is 11.8. The lowest BCUT2D eigenvalue weighted by atomic mass is 9.93. The van der Waals surface area contributed by atoms with Crippen molar-refractivity contribution in [1.82, 2.24) is 9.38 Å². The van der Waals surface area contributed by atoms with Crippen molar-refractivity contribution in [2.45, 2.75) is 0 Å². The smallest absolute Gasteiger partial charge is 0.145 e. The van der Waals surface area contributed by atoms with Crippen LogP contribution in [0.2, 0.25) is 0 Å². The molecule has 0 atom stereocenters. The summed E-state index contributed by atoms with van der Waals surface area (Å²) in [5, 5.41) is 9.28. The van der Waals surface area contributed by atoms with E-state index in [4.69, 9.17) is 9.72 Å². The number of para-hydroxylation sites is 3. The highest BCUT2D eigenvalue weighted by Gasteiger charge is 2.37. The molecule has 15 rings (SSSR count). The minimum atomic E-state index is 0.605. The van der Waals surface area contributed by atoms with Gasteiger partial charge < -0.3 is 14.5 Å². The molecule has 5 heteroatoms. The average Bonchev–Trinajstić information content (AvgIpc) is 3.97. The molecule has 0 saturated carbocycles. The number of fused-ring (bicyclic) bond motifs is 15. The Balaban J connectivity index is 0.927. The van der Waals surface area contributed by atoms with Crippen LogP contribution < -0.4 is 14.5 Å². The lowest BCUT2D eigenvalue weighted by Crippen LogP contribution is -2.25. The number of ether oxygens (including phenoxy) is 1. The van der Waals surface area contributed by atoms with Crippen LogP contribution in [0.5, 0.6) is 11.5 Å². The molecule has 0 spiro atoms. The molecule has 5 nitrogen and oxygen atoms in total. The zero-order chi connectivity index (χ0) is 46.6. The molecule has 2 aliphatic rings. The maximum atomic E-state index is 7.10. The number of anilines is 4. The molecule has 332 valence electrons. The number of pyridine rings is 1. The van der Waals surface area contributed by atoms with Crippen molar-refractivity contribution in [1.29, 1.82) is 0 Å². The minimum absolute atomic E-state index is 0.605. The third-order valence-corrected chi connectivity index (χ3v) is 14.8. The Hall–Kier alpha value is -9.45. The van der Waals surface area contributed by atoms with Crippen LogP contribution in [-0.2, 0) is 0 Å². The van der Waals surface area contributed by atoms with E-state index >= 15 is 0 Å². The maximum Gasteiger partial charge on any atom is 0.145 e. The summed E-state index contributed by atoms with van der Waals surface area (Å²) >= 11 is 0. The molecule has 0 amide bonds. The third-order valence-electron chi connectivity index (χ3n) is 14.8. The van der Waals surface area contributed by atoms with E-state index < -0.39 is 0 Å². The predicted molar refractivity (Wildman–Crippen MR) is 295 cm³/mol. The van der Waals surface area contributed by atoms with Gasteiger partial charge in [0.15, 0.2) is 0 Å². The second-order valence-electron chi connectivity index (χ2n) is 18.6. The number of hydrogen-bond donors (Lipinski definition) is 0. The zero-order valence-corrected chi connectivity index (χ0v) is 38.5. The molecule has 0 saturated heterocycles. The molecule has 0 radical (unpaired) electrons. The van der Waals surface area contributed by atoms with Crippen molar-refractivity contribution < 1.29 is 4.74 Å². The third kappa shape index (κ3) is 5.96.